The Bertz CT molecular complexity index is 396. The SMILES string of the molecule is CC.CC(C)CCCCCCCCC=O.CCCCCCCCCCC(=O)NC(C)C.CNC(C)C. The second-order valence-electron chi connectivity index (χ2n) is 10.6. The van der Waals surface area contributed by atoms with Crippen LogP contribution in [-0.4, -0.2) is 31.3 Å². The number of rotatable bonds is 20. The fourth-order valence-corrected chi connectivity index (χ4v) is 3.30. The van der Waals surface area contributed by atoms with E-state index in [9.17, 15) is 9.59 Å². The first kappa shape index (κ1) is 42.2. The van der Waals surface area contributed by atoms with E-state index < -0.39 is 0 Å². The van der Waals surface area contributed by atoms with Crippen LogP contribution in [0.15, 0.2) is 0 Å². The first-order valence-corrected chi connectivity index (χ1v) is 15.6. The first-order valence-electron chi connectivity index (χ1n) is 15.6. The van der Waals surface area contributed by atoms with Gasteiger partial charge in [-0.2, -0.15) is 0 Å². The van der Waals surface area contributed by atoms with Gasteiger partial charge in [0, 0.05) is 24.9 Å². The van der Waals surface area contributed by atoms with Crippen molar-refractivity contribution in [1.82, 2.24) is 10.6 Å². The van der Waals surface area contributed by atoms with Gasteiger partial charge in [-0.3, -0.25) is 4.79 Å². The normalized spacial score (nSPS) is 10.1. The molecule has 2 N–H and O–H groups in total. The van der Waals surface area contributed by atoms with E-state index in [1.54, 1.807) is 0 Å². The molecule has 0 aliphatic carbocycles. The molecule has 0 saturated heterocycles. The average Bonchev–Trinajstić information content (AvgIpc) is 2.84. The minimum absolute atomic E-state index is 0.209. The molecule has 0 heterocycles. The van der Waals surface area contributed by atoms with Crippen molar-refractivity contribution in [3.63, 3.8) is 0 Å². The summed E-state index contributed by atoms with van der Waals surface area (Å²) in [6, 6.07) is 0.913. The number of unbranched alkanes of at least 4 members (excludes halogenated alkanes) is 13. The van der Waals surface area contributed by atoms with Gasteiger partial charge in [0.1, 0.15) is 6.29 Å². The smallest absolute Gasteiger partial charge is 0.220 e. The van der Waals surface area contributed by atoms with E-state index in [0.29, 0.717) is 12.5 Å². The minimum atomic E-state index is 0.209. The lowest BCUT2D eigenvalue weighted by molar-refractivity contribution is -0.121. The van der Waals surface area contributed by atoms with Gasteiger partial charge in [-0.25, -0.2) is 0 Å². The Labute approximate surface area is 228 Å². The highest BCUT2D eigenvalue weighted by molar-refractivity contribution is 5.76. The van der Waals surface area contributed by atoms with Crippen LogP contribution >= 0.6 is 0 Å². The molecule has 0 spiro atoms. The third kappa shape index (κ3) is 54.1. The molecule has 4 heteroatoms. The van der Waals surface area contributed by atoms with Gasteiger partial charge in [-0.15, -0.1) is 0 Å². The fraction of sp³-hybridized carbons (Fsp3) is 0.938. The summed E-state index contributed by atoms with van der Waals surface area (Å²) in [5, 5.41) is 5.95. The fourth-order valence-electron chi connectivity index (χ4n) is 3.30. The monoisotopic (exact) mass is 515 g/mol. The summed E-state index contributed by atoms with van der Waals surface area (Å²) < 4.78 is 0. The third-order valence-electron chi connectivity index (χ3n) is 5.64. The molecule has 0 fully saturated rings. The summed E-state index contributed by atoms with van der Waals surface area (Å²) in [4.78, 5) is 21.3. The van der Waals surface area contributed by atoms with Crippen LogP contribution in [0.5, 0.6) is 0 Å². The molecule has 0 aromatic heterocycles. The molecule has 0 aliphatic rings. The first-order chi connectivity index (χ1) is 17.2. The predicted molar refractivity (Wildman–Crippen MR) is 164 cm³/mol. The molecule has 0 aliphatic heterocycles. The van der Waals surface area contributed by atoms with Crippen molar-refractivity contribution in [3.8, 4) is 0 Å². The zero-order valence-corrected chi connectivity index (χ0v) is 26.6. The predicted octanol–water partition coefficient (Wildman–Crippen LogP) is 9.64. The molecule has 0 bridgehead atoms. The van der Waals surface area contributed by atoms with Crippen LogP contribution in [0.3, 0.4) is 0 Å². The number of aldehydes is 1. The lowest BCUT2D eigenvalue weighted by Gasteiger charge is -2.07. The van der Waals surface area contributed by atoms with Gasteiger partial charge in [0.2, 0.25) is 5.91 Å². The number of carbonyl (C=O) groups is 2. The zero-order valence-electron chi connectivity index (χ0n) is 26.6. The summed E-state index contributed by atoms with van der Waals surface area (Å²) in [6.07, 6.45) is 21.9. The van der Waals surface area contributed by atoms with Gasteiger partial charge in [-0.05, 0) is 39.7 Å². The molecule has 0 aromatic rings. The number of nitrogens with one attached hydrogen (secondary N) is 2. The summed E-state index contributed by atoms with van der Waals surface area (Å²) in [6.45, 7) is 19.0. The minimum Gasteiger partial charge on any atom is -0.354 e. The summed E-state index contributed by atoms with van der Waals surface area (Å²) in [5.41, 5.74) is 0. The van der Waals surface area contributed by atoms with E-state index in [2.05, 4.69) is 45.3 Å². The zero-order chi connectivity index (χ0) is 28.5. The molecule has 0 aromatic carbocycles. The number of amides is 1. The second-order valence-corrected chi connectivity index (χ2v) is 10.6. The Balaban J connectivity index is -0.000000229. The van der Waals surface area contributed by atoms with E-state index in [-0.39, 0.29) is 11.9 Å². The maximum Gasteiger partial charge on any atom is 0.220 e. The summed E-state index contributed by atoms with van der Waals surface area (Å²) in [5.74, 6) is 1.07. The molecule has 36 heavy (non-hydrogen) atoms. The van der Waals surface area contributed by atoms with Gasteiger partial charge in [0.05, 0.1) is 0 Å². The maximum atomic E-state index is 11.3. The molecule has 0 unspecified atom stereocenters. The van der Waals surface area contributed by atoms with Crippen molar-refractivity contribution < 1.29 is 9.59 Å². The highest BCUT2D eigenvalue weighted by atomic mass is 16.1. The van der Waals surface area contributed by atoms with Gasteiger partial charge in [0.25, 0.3) is 0 Å². The molecule has 4 nitrogen and oxygen atoms in total. The van der Waals surface area contributed by atoms with Crippen LogP contribution in [0, 0.1) is 5.92 Å². The number of hydrogen-bond acceptors (Lipinski definition) is 3. The molecular formula is C32H70N2O2. The van der Waals surface area contributed by atoms with E-state index in [1.165, 1.54) is 83.5 Å². The quantitative estimate of drug-likeness (QED) is 0.125. The number of hydrogen-bond donors (Lipinski definition) is 2. The maximum absolute atomic E-state index is 11.3. The third-order valence-corrected chi connectivity index (χ3v) is 5.64. The van der Waals surface area contributed by atoms with Crippen LogP contribution in [0.4, 0.5) is 0 Å². The molecule has 1 amide bonds. The van der Waals surface area contributed by atoms with Crippen molar-refractivity contribution in [3.05, 3.63) is 0 Å². The average molecular weight is 515 g/mol. The molecule has 220 valence electrons. The number of carbonyl (C=O) groups excluding carboxylic acids is 2. The molecular weight excluding hydrogens is 444 g/mol. The Morgan fingerprint density at radius 2 is 1.08 bits per heavy atom. The van der Waals surface area contributed by atoms with Crippen LogP contribution in [-0.2, 0) is 9.59 Å². The van der Waals surface area contributed by atoms with Crippen LogP contribution in [0.25, 0.3) is 0 Å². The highest BCUT2D eigenvalue weighted by Crippen LogP contribution is 2.11. The van der Waals surface area contributed by atoms with Gasteiger partial charge in [-0.1, -0.05) is 132 Å². The van der Waals surface area contributed by atoms with Crippen LogP contribution in [0.1, 0.15) is 171 Å². The Morgan fingerprint density at radius 1 is 0.667 bits per heavy atom. The molecule has 0 radical (unpaired) electrons. The Morgan fingerprint density at radius 3 is 1.47 bits per heavy atom. The van der Waals surface area contributed by atoms with Crippen molar-refractivity contribution in [2.24, 2.45) is 5.92 Å². The van der Waals surface area contributed by atoms with E-state index in [1.807, 2.05) is 34.7 Å². The van der Waals surface area contributed by atoms with Gasteiger partial charge in [0.15, 0.2) is 0 Å². The van der Waals surface area contributed by atoms with Crippen molar-refractivity contribution in [2.45, 2.75) is 184 Å². The topological polar surface area (TPSA) is 58.2 Å². The van der Waals surface area contributed by atoms with Gasteiger partial charge < -0.3 is 15.4 Å². The largest absolute Gasteiger partial charge is 0.354 e. The second kappa shape index (κ2) is 38.6. The standard InChI is InChI=1S/C14H29NO.C12H24O.C4H11N.C2H6/c1-4-5-6-7-8-9-10-11-12-14(16)15-13(2)3;1-12(2)10-8-6-4-3-5-7-9-11-13;1-4(2)5-3;1-2/h13H,4-12H2,1-3H3,(H,15,16);11-12H,3-10H2,1-2H3;4-5H,1-3H3;1-2H3. The summed E-state index contributed by atoms with van der Waals surface area (Å²) in [7, 11) is 1.95. The lowest BCUT2D eigenvalue weighted by Crippen LogP contribution is -2.29. The van der Waals surface area contributed by atoms with Crippen LogP contribution < -0.4 is 10.6 Å². The Kier molecular flexibility index (Phi) is 45.3. The molecule has 0 atom stereocenters. The summed E-state index contributed by atoms with van der Waals surface area (Å²) >= 11 is 0. The van der Waals surface area contributed by atoms with Crippen molar-refractivity contribution in [2.75, 3.05) is 7.05 Å². The lowest BCUT2D eigenvalue weighted by atomic mass is 10.0. The highest BCUT2D eigenvalue weighted by Gasteiger charge is 2.02. The van der Waals surface area contributed by atoms with Gasteiger partial charge >= 0.3 is 0 Å². The van der Waals surface area contributed by atoms with E-state index in [0.717, 1.165) is 31.5 Å². The van der Waals surface area contributed by atoms with Crippen molar-refractivity contribution >= 4 is 12.2 Å². The molecule has 0 saturated carbocycles. The van der Waals surface area contributed by atoms with Crippen molar-refractivity contribution in [1.29, 1.82) is 0 Å². The molecule has 0 rings (SSSR count). The Hall–Kier alpha value is -0.900. The van der Waals surface area contributed by atoms with E-state index >= 15 is 0 Å². The van der Waals surface area contributed by atoms with E-state index in [4.69, 9.17) is 0 Å². The van der Waals surface area contributed by atoms with Crippen LogP contribution in [0.2, 0.25) is 0 Å².